The number of aryl methyl sites for hydroxylation is 1. The van der Waals surface area contributed by atoms with E-state index in [-0.39, 0.29) is 28.0 Å². The molecule has 1 aliphatic rings. The molecule has 0 amide bonds. The minimum absolute atomic E-state index is 0.115. The number of hydrogen-bond donors (Lipinski definition) is 4. The Balaban J connectivity index is 1.92. The number of anilines is 1. The number of carboxylic acids is 1. The molecule has 1 aromatic heterocycles. The van der Waals surface area contributed by atoms with Crippen molar-refractivity contribution in [2.45, 2.75) is 19.9 Å². The number of benzene rings is 2. The van der Waals surface area contributed by atoms with Crippen LogP contribution in [0.4, 0.5) is 5.69 Å². The zero-order valence-electron chi connectivity index (χ0n) is 20.0. The molecule has 8 nitrogen and oxygen atoms in total. The summed E-state index contributed by atoms with van der Waals surface area (Å²) >= 11 is 0. The van der Waals surface area contributed by atoms with Crippen molar-refractivity contribution in [1.82, 2.24) is 5.32 Å². The molecule has 0 fully saturated rings. The minimum atomic E-state index is -1.06. The molecule has 1 aliphatic carbocycles. The standard InChI is InChI=1S/C28H24N4O4/c1-15-10-20(16(2)32-24-7-5-4-6-19(24)28(34)35)27-21(11-15)25(33)22(13-29)26(36-27)17-8-9-23(30)18(12-17)14-31-3/h4-12,14,16,30-32H,1-3H3,(H,34,35)/b18-14-,30-23?. The lowest BCUT2D eigenvalue weighted by molar-refractivity contribution is 0.0698. The van der Waals surface area contributed by atoms with Crippen molar-refractivity contribution in [2.24, 2.45) is 0 Å². The van der Waals surface area contributed by atoms with E-state index in [2.05, 4.69) is 10.6 Å². The van der Waals surface area contributed by atoms with Gasteiger partial charge in [0.1, 0.15) is 17.2 Å². The number of nitriles is 1. The Bertz CT molecular complexity index is 1600. The van der Waals surface area contributed by atoms with Crippen LogP contribution in [-0.2, 0) is 0 Å². The lowest BCUT2D eigenvalue weighted by Crippen LogP contribution is -2.15. The van der Waals surface area contributed by atoms with Gasteiger partial charge < -0.3 is 25.6 Å². The molecule has 4 rings (SSSR count). The number of aromatic carboxylic acids is 1. The molecule has 1 atom stereocenters. The monoisotopic (exact) mass is 480 g/mol. The zero-order chi connectivity index (χ0) is 26.0. The lowest BCUT2D eigenvalue weighted by Gasteiger charge is -2.20. The molecule has 1 unspecified atom stereocenters. The SMILES string of the molecule is CN/C=C1/C=C(c2oc3c(C(C)Nc4ccccc4C(=O)O)cc(C)cc3c(=O)c2C#N)C=CC1=N. The number of allylic oxidation sites excluding steroid dienone is 5. The third-order valence-electron chi connectivity index (χ3n) is 5.89. The highest BCUT2D eigenvalue weighted by Crippen LogP contribution is 2.33. The molecule has 1 heterocycles. The van der Waals surface area contributed by atoms with Crippen molar-refractivity contribution in [1.29, 1.82) is 10.7 Å². The largest absolute Gasteiger partial charge is 0.478 e. The van der Waals surface area contributed by atoms with Gasteiger partial charge in [0.15, 0.2) is 5.76 Å². The van der Waals surface area contributed by atoms with Crippen LogP contribution in [0.1, 0.15) is 45.8 Å². The van der Waals surface area contributed by atoms with Gasteiger partial charge >= 0.3 is 5.97 Å². The molecule has 4 N–H and O–H groups in total. The average Bonchev–Trinajstić information content (AvgIpc) is 2.85. The van der Waals surface area contributed by atoms with Crippen molar-refractivity contribution in [3.05, 3.63) is 105 Å². The Hall–Kier alpha value is -4.90. The van der Waals surface area contributed by atoms with Crippen molar-refractivity contribution < 1.29 is 14.3 Å². The summed E-state index contributed by atoms with van der Waals surface area (Å²) in [5, 5.41) is 33.9. The summed E-state index contributed by atoms with van der Waals surface area (Å²) in [4.78, 5) is 25.1. The third-order valence-corrected chi connectivity index (χ3v) is 5.89. The van der Waals surface area contributed by atoms with Crippen molar-refractivity contribution in [3.63, 3.8) is 0 Å². The summed E-state index contributed by atoms with van der Waals surface area (Å²) in [7, 11) is 1.72. The number of nitrogens with zero attached hydrogens (tertiary/aromatic N) is 1. The fourth-order valence-corrected chi connectivity index (χ4v) is 4.19. The smallest absolute Gasteiger partial charge is 0.337 e. The van der Waals surface area contributed by atoms with Crippen LogP contribution in [0.25, 0.3) is 16.5 Å². The fraction of sp³-hybridized carbons (Fsp3) is 0.143. The number of nitrogens with one attached hydrogen (secondary N) is 3. The number of carbonyl (C=O) groups is 1. The second kappa shape index (κ2) is 9.76. The molecular weight excluding hydrogens is 456 g/mol. The summed E-state index contributed by atoms with van der Waals surface area (Å²) in [6.45, 7) is 3.69. The van der Waals surface area contributed by atoms with Crippen molar-refractivity contribution in [3.8, 4) is 6.07 Å². The molecule has 0 saturated heterocycles. The normalized spacial score (nSPS) is 14.9. The van der Waals surface area contributed by atoms with Gasteiger partial charge in [-0.3, -0.25) is 4.79 Å². The van der Waals surface area contributed by atoms with E-state index in [1.807, 2.05) is 26.0 Å². The van der Waals surface area contributed by atoms with E-state index in [1.165, 1.54) is 6.07 Å². The van der Waals surface area contributed by atoms with Crippen LogP contribution in [0.5, 0.6) is 0 Å². The van der Waals surface area contributed by atoms with Gasteiger partial charge in [-0.2, -0.15) is 5.26 Å². The first-order valence-corrected chi connectivity index (χ1v) is 11.2. The first kappa shape index (κ1) is 24.2. The Morgan fingerprint density at radius 2 is 2.00 bits per heavy atom. The van der Waals surface area contributed by atoms with Crippen molar-refractivity contribution in [2.75, 3.05) is 12.4 Å². The summed E-state index contributed by atoms with van der Waals surface area (Å²) in [6, 6.07) is 11.7. The molecule has 0 radical (unpaired) electrons. The van der Waals surface area contributed by atoms with Crippen molar-refractivity contribution >= 4 is 33.9 Å². The Kier molecular flexibility index (Phi) is 6.57. The van der Waals surface area contributed by atoms with Gasteiger partial charge in [0, 0.05) is 35.6 Å². The second-order valence-electron chi connectivity index (χ2n) is 8.43. The quantitative estimate of drug-likeness (QED) is 0.393. The van der Waals surface area contributed by atoms with E-state index in [0.717, 1.165) is 5.56 Å². The highest BCUT2D eigenvalue weighted by atomic mass is 16.4. The summed E-state index contributed by atoms with van der Waals surface area (Å²) < 4.78 is 6.27. The molecule has 0 spiro atoms. The summed E-state index contributed by atoms with van der Waals surface area (Å²) in [5.41, 5.74) is 3.08. The van der Waals surface area contributed by atoms with Gasteiger partial charge in [0.2, 0.25) is 5.43 Å². The molecule has 3 aromatic rings. The van der Waals surface area contributed by atoms with Crippen LogP contribution < -0.4 is 16.1 Å². The number of rotatable bonds is 6. The van der Waals surface area contributed by atoms with E-state index >= 15 is 0 Å². The van der Waals surface area contributed by atoms with Gasteiger partial charge in [-0.15, -0.1) is 0 Å². The van der Waals surface area contributed by atoms with Crippen LogP contribution in [0.15, 0.2) is 75.6 Å². The molecule has 0 bridgehead atoms. The Labute approximate surface area is 207 Å². The molecule has 0 aliphatic heterocycles. The van der Waals surface area contributed by atoms with E-state index in [0.29, 0.717) is 28.0 Å². The van der Waals surface area contributed by atoms with Gasteiger partial charge in [-0.05, 0) is 55.8 Å². The molecule has 36 heavy (non-hydrogen) atoms. The maximum Gasteiger partial charge on any atom is 0.337 e. The predicted octanol–water partition coefficient (Wildman–Crippen LogP) is 4.92. The van der Waals surface area contributed by atoms with Crippen LogP contribution in [0.2, 0.25) is 0 Å². The molecular formula is C28H24N4O4. The molecule has 2 aromatic carbocycles. The predicted molar refractivity (Wildman–Crippen MR) is 139 cm³/mol. The summed E-state index contributed by atoms with van der Waals surface area (Å²) in [5.74, 6) is -0.942. The van der Waals surface area contributed by atoms with Crippen LogP contribution >= 0.6 is 0 Å². The molecule has 180 valence electrons. The maximum absolute atomic E-state index is 13.4. The Morgan fingerprint density at radius 1 is 1.25 bits per heavy atom. The summed E-state index contributed by atoms with van der Waals surface area (Å²) in [6.07, 6.45) is 6.55. The highest BCUT2D eigenvalue weighted by molar-refractivity contribution is 6.13. The lowest BCUT2D eigenvalue weighted by atomic mass is 9.95. The van der Waals surface area contributed by atoms with E-state index in [1.54, 1.807) is 55.7 Å². The highest BCUT2D eigenvalue weighted by Gasteiger charge is 2.23. The van der Waals surface area contributed by atoms with E-state index in [9.17, 15) is 20.0 Å². The minimum Gasteiger partial charge on any atom is -0.478 e. The second-order valence-corrected chi connectivity index (χ2v) is 8.43. The zero-order valence-corrected chi connectivity index (χ0v) is 20.0. The van der Waals surface area contributed by atoms with Crippen LogP contribution in [0, 0.1) is 23.7 Å². The number of carboxylic acid groups (broad SMARTS) is 1. The van der Waals surface area contributed by atoms with Crippen LogP contribution in [0.3, 0.4) is 0 Å². The number of para-hydroxylation sites is 1. The van der Waals surface area contributed by atoms with Gasteiger partial charge in [-0.25, -0.2) is 4.79 Å². The van der Waals surface area contributed by atoms with E-state index in [4.69, 9.17) is 9.83 Å². The number of hydrogen-bond acceptors (Lipinski definition) is 7. The molecule has 0 saturated carbocycles. The van der Waals surface area contributed by atoms with E-state index < -0.39 is 17.4 Å². The number of fused-ring (bicyclic) bond motifs is 1. The third kappa shape index (κ3) is 4.42. The van der Waals surface area contributed by atoms with Gasteiger partial charge in [0.05, 0.1) is 22.7 Å². The fourth-order valence-electron chi connectivity index (χ4n) is 4.19. The van der Waals surface area contributed by atoms with Gasteiger partial charge in [0.25, 0.3) is 0 Å². The van der Waals surface area contributed by atoms with Crippen LogP contribution in [-0.4, -0.2) is 23.8 Å². The molecule has 8 heteroatoms. The maximum atomic E-state index is 13.4. The first-order valence-electron chi connectivity index (χ1n) is 11.2. The average molecular weight is 481 g/mol. The Morgan fingerprint density at radius 3 is 2.69 bits per heavy atom. The topological polar surface area (TPSA) is 139 Å². The van der Waals surface area contributed by atoms with Gasteiger partial charge in [-0.1, -0.05) is 18.2 Å². The first-order chi connectivity index (χ1) is 17.2.